The fourth-order valence-corrected chi connectivity index (χ4v) is 9.50. The maximum Gasteiger partial charge on any atom is 0.331 e. The highest BCUT2D eigenvalue weighted by Gasteiger charge is 2.34. The molecule has 0 radical (unpaired) electrons. The lowest BCUT2D eigenvalue weighted by Crippen LogP contribution is -2.19. The lowest BCUT2D eigenvalue weighted by atomic mass is 10.0. The molecule has 1 fully saturated rings. The van der Waals surface area contributed by atoms with Crippen LogP contribution in [0.3, 0.4) is 0 Å². The summed E-state index contributed by atoms with van der Waals surface area (Å²) in [6.45, 7) is 3.82. The maximum absolute atomic E-state index is 14.1. The largest absolute Gasteiger partial charge is 0.493 e. The molecule has 56 heavy (non-hydrogen) atoms. The topological polar surface area (TPSA) is 145 Å². The Morgan fingerprint density at radius 1 is 0.750 bits per heavy atom. The molecule has 1 saturated heterocycles. The highest BCUT2D eigenvalue weighted by atomic mass is 32.2. The van der Waals surface area contributed by atoms with E-state index in [1.165, 1.54) is 14.0 Å². The Hall–Kier alpha value is -4.10. The van der Waals surface area contributed by atoms with Gasteiger partial charge in [-0.05, 0) is 79.1 Å². The number of hydrogen-bond donors (Lipinski definition) is 1. The van der Waals surface area contributed by atoms with Crippen molar-refractivity contribution < 1.29 is 55.6 Å². The number of benzene rings is 4. The number of aliphatic hydroxyl groups is 1. The van der Waals surface area contributed by atoms with Gasteiger partial charge in [0.2, 0.25) is 5.75 Å². The molecule has 0 unspecified atom stereocenters. The molecule has 14 heteroatoms. The Morgan fingerprint density at radius 3 is 1.79 bits per heavy atom. The van der Waals surface area contributed by atoms with E-state index in [-0.39, 0.29) is 61.5 Å². The van der Waals surface area contributed by atoms with E-state index in [9.17, 15) is 18.1 Å². The smallest absolute Gasteiger partial charge is 0.331 e. The molecule has 0 aliphatic carbocycles. The maximum atomic E-state index is 14.1. The fraction of sp³-hybridized carbons (Fsp3) is 0.429. The van der Waals surface area contributed by atoms with Gasteiger partial charge in [-0.1, -0.05) is 67.6 Å². The number of ether oxygens (including phenoxy) is 6. The molecular weight excluding hydrogens is 759 g/mol. The summed E-state index contributed by atoms with van der Waals surface area (Å²) in [5, 5.41) is 10.2. The third-order valence-electron chi connectivity index (χ3n) is 9.11. The van der Waals surface area contributed by atoms with Gasteiger partial charge >= 0.3 is 7.60 Å². The van der Waals surface area contributed by atoms with E-state index in [1.54, 1.807) is 26.4 Å². The van der Waals surface area contributed by atoms with Crippen molar-refractivity contribution in [1.29, 1.82) is 0 Å². The minimum absolute atomic E-state index is 0.0485. The Bertz CT molecular complexity index is 1930. The minimum atomic E-state index is -4.05. The number of hydrogen-bond acceptors (Lipinski definition) is 12. The SMILES string of the molecule is CCCOc1c(OCCCP(=O)(OCc2ccccc2)OCc2ccccc2)cc([C@@H]2CC[C@@H](c3cc(OC)c(OC)c(OC)c3)O2)cc1S(=O)(=O)C[C@H](C)O. The van der Waals surface area contributed by atoms with Gasteiger partial charge in [0.15, 0.2) is 32.8 Å². The molecule has 5 rings (SSSR count). The highest BCUT2D eigenvalue weighted by molar-refractivity contribution is 7.91. The molecule has 1 aliphatic rings. The van der Waals surface area contributed by atoms with Crippen LogP contribution in [0.1, 0.15) is 74.0 Å². The van der Waals surface area contributed by atoms with Crippen LogP contribution in [0.5, 0.6) is 28.7 Å². The van der Waals surface area contributed by atoms with Crippen LogP contribution < -0.4 is 23.7 Å². The second-order valence-corrected chi connectivity index (χ2v) is 17.7. The first kappa shape index (κ1) is 43.0. The number of methoxy groups -OCH3 is 3. The van der Waals surface area contributed by atoms with Gasteiger partial charge in [0.25, 0.3) is 0 Å². The van der Waals surface area contributed by atoms with E-state index in [0.717, 1.165) is 16.7 Å². The zero-order valence-corrected chi connectivity index (χ0v) is 34.4. The molecule has 4 aromatic rings. The highest BCUT2D eigenvalue weighted by Crippen LogP contribution is 2.51. The van der Waals surface area contributed by atoms with Gasteiger partial charge in [-0.2, -0.15) is 0 Å². The quantitative estimate of drug-likeness (QED) is 0.0599. The fourth-order valence-electron chi connectivity index (χ4n) is 6.39. The first-order valence-electron chi connectivity index (χ1n) is 18.7. The summed E-state index contributed by atoms with van der Waals surface area (Å²) in [5.41, 5.74) is 3.10. The molecule has 0 spiro atoms. The summed E-state index contributed by atoms with van der Waals surface area (Å²) < 4.78 is 89.2. The Kier molecular flexibility index (Phi) is 15.6. The predicted molar refractivity (Wildman–Crippen MR) is 213 cm³/mol. The molecular formula is C42H53O12PS. The monoisotopic (exact) mass is 812 g/mol. The molecule has 1 heterocycles. The number of rotatable bonds is 22. The van der Waals surface area contributed by atoms with Gasteiger partial charge in [0.05, 0.1) is 78.0 Å². The first-order chi connectivity index (χ1) is 27.0. The molecule has 0 aromatic heterocycles. The second-order valence-electron chi connectivity index (χ2n) is 13.5. The summed E-state index contributed by atoms with van der Waals surface area (Å²) in [6.07, 6.45) is 0.147. The van der Waals surface area contributed by atoms with Crippen molar-refractivity contribution in [2.45, 2.75) is 76.0 Å². The van der Waals surface area contributed by atoms with Crippen molar-refractivity contribution in [3.63, 3.8) is 0 Å². The molecule has 4 aromatic carbocycles. The van der Waals surface area contributed by atoms with Crippen molar-refractivity contribution in [1.82, 2.24) is 0 Å². The van der Waals surface area contributed by atoms with E-state index < -0.39 is 35.4 Å². The van der Waals surface area contributed by atoms with Crippen molar-refractivity contribution in [3.05, 3.63) is 107 Å². The van der Waals surface area contributed by atoms with E-state index in [2.05, 4.69) is 0 Å². The van der Waals surface area contributed by atoms with Gasteiger partial charge in [-0.15, -0.1) is 0 Å². The molecule has 0 bridgehead atoms. The van der Waals surface area contributed by atoms with Crippen LogP contribution in [0.2, 0.25) is 0 Å². The standard InChI is InChI=1S/C42H53O12PS/c1-6-20-51-42-39(50-21-13-22-55(44,52-27-31-14-9-7-10-15-31)53-28-32-16-11-8-12-17-32)25-34(26-40(42)56(45,46)29-30(2)43)36-19-18-35(54-36)33-23-37(47-3)41(49-5)38(24-33)48-4/h7-12,14-17,23-26,30,35-36,43H,6,13,18-22,27-29H2,1-5H3/t30-,35-,36-/m0/s1. The first-order valence-corrected chi connectivity index (χ1v) is 22.1. The number of sulfone groups is 1. The molecule has 3 atom stereocenters. The lowest BCUT2D eigenvalue weighted by Gasteiger charge is -2.22. The van der Waals surface area contributed by atoms with Crippen molar-refractivity contribution >= 4 is 17.4 Å². The lowest BCUT2D eigenvalue weighted by molar-refractivity contribution is 0.0435. The Morgan fingerprint density at radius 2 is 1.29 bits per heavy atom. The van der Waals surface area contributed by atoms with Crippen molar-refractivity contribution in [2.75, 3.05) is 46.5 Å². The molecule has 1 N–H and O–H groups in total. The summed E-state index contributed by atoms with van der Waals surface area (Å²) in [5.74, 6) is 1.19. The van der Waals surface area contributed by atoms with Crippen LogP contribution in [0.15, 0.2) is 89.8 Å². The minimum Gasteiger partial charge on any atom is -0.493 e. The van der Waals surface area contributed by atoms with Crippen LogP contribution >= 0.6 is 7.60 Å². The van der Waals surface area contributed by atoms with Gasteiger partial charge in [-0.25, -0.2) is 8.42 Å². The Balaban J connectivity index is 1.40. The number of aliphatic hydroxyl groups excluding tert-OH is 1. The third kappa shape index (κ3) is 11.5. The summed E-state index contributed by atoms with van der Waals surface area (Å²) in [4.78, 5) is -0.0951. The molecule has 304 valence electrons. The van der Waals surface area contributed by atoms with Crippen LogP contribution in [0.4, 0.5) is 0 Å². The van der Waals surface area contributed by atoms with E-state index in [1.807, 2.05) is 79.7 Å². The van der Waals surface area contributed by atoms with Crippen LogP contribution in [0, 0.1) is 0 Å². The summed E-state index contributed by atoms with van der Waals surface area (Å²) in [6, 6.07) is 25.9. The zero-order chi connectivity index (χ0) is 40.1. The van der Waals surface area contributed by atoms with Gasteiger partial charge in [0.1, 0.15) is 4.90 Å². The van der Waals surface area contributed by atoms with Crippen molar-refractivity contribution in [3.8, 4) is 28.7 Å². The summed E-state index contributed by atoms with van der Waals surface area (Å²) in [7, 11) is -3.03. The zero-order valence-electron chi connectivity index (χ0n) is 32.7. The van der Waals surface area contributed by atoms with E-state index >= 15 is 0 Å². The Labute approximate surface area is 330 Å². The van der Waals surface area contributed by atoms with Crippen LogP contribution in [0.25, 0.3) is 0 Å². The average molecular weight is 813 g/mol. The van der Waals surface area contributed by atoms with Gasteiger partial charge in [-0.3, -0.25) is 4.57 Å². The van der Waals surface area contributed by atoms with Gasteiger partial charge < -0.3 is 42.6 Å². The molecule has 1 aliphatic heterocycles. The van der Waals surface area contributed by atoms with Gasteiger partial charge in [0, 0.05) is 0 Å². The second kappa shape index (κ2) is 20.4. The molecule has 0 amide bonds. The summed E-state index contributed by atoms with van der Waals surface area (Å²) >= 11 is 0. The third-order valence-corrected chi connectivity index (χ3v) is 12.9. The van der Waals surface area contributed by atoms with Crippen LogP contribution in [-0.4, -0.2) is 66.1 Å². The van der Waals surface area contributed by atoms with Crippen LogP contribution in [-0.2, 0) is 41.4 Å². The molecule has 12 nitrogen and oxygen atoms in total. The predicted octanol–water partition coefficient (Wildman–Crippen LogP) is 8.64. The average Bonchev–Trinajstić information content (AvgIpc) is 3.70. The molecule has 0 saturated carbocycles. The van der Waals surface area contributed by atoms with E-state index in [0.29, 0.717) is 42.1 Å². The van der Waals surface area contributed by atoms with E-state index in [4.69, 9.17) is 37.5 Å². The van der Waals surface area contributed by atoms with Crippen molar-refractivity contribution in [2.24, 2.45) is 0 Å². The normalized spacial score (nSPS) is 16.3.